The average Bonchev–Trinajstić information content (AvgIpc) is 2.65. The molecule has 2 aromatic carbocycles. The summed E-state index contributed by atoms with van der Waals surface area (Å²) in [6.07, 6.45) is 3.17. The molecule has 0 aromatic heterocycles. The number of benzene rings is 2. The summed E-state index contributed by atoms with van der Waals surface area (Å²) in [6.45, 7) is 1.58. The lowest BCUT2D eigenvalue weighted by Gasteiger charge is -2.14. The minimum atomic E-state index is 0.195. The fourth-order valence-corrected chi connectivity index (χ4v) is 3.20. The van der Waals surface area contributed by atoms with Crippen molar-refractivity contribution in [2.75, 3.05) is 26.4 Å². The van der Waals surface area contributed by atoms with E-state index < -0.39 is 0 Å². The molecule has 0 heterocycles. The highest BCUT2D eigenvalue weighted by Crippen LogP contribution is 2.39. The van der Waals surface area contributed by atoms with Gasteiger partial charge in [0.05, 0.1) is 23.0 Å². The molecule has 2 rings (SSSR count). The van der Waals surface area contributed by atoms with E-state index in [1.807, 2.05) is 48.5 Å². The SMILES string of the molecule is OCCCCOc1ccccc1Sc1ccccc1OCCCCO. The maximum atomic E-state index is 8.86. The molecule has 0 spiro atoms. The van der Waals surface area contributed by atoms with Crippen LogP contribution in [0, 0.1) is 0 Å². The molecule has 0 atom stereocenters. The van der Waals surface area contributed by atoms with Crippen molar-refractivity contribution < 1.29 is 19.7 Å². The van der Waals surface area contributed by atoms with Gasteiger partial charge in [0, 0.05) is 13.2 Å². The molecule has 136 valence electrons. The van der Waals surface area contributed by atoms with Crippen LogP contribution in [0.4, 0.5) is 0 Å². The third kappa shape index (κ3) is 6.98. The third-order valence-electron chi connectivity index (χ3n) is 3.54. The highest BCUT2D eigenvalue weighted by atomic mass is 32.2. The Labute approximate surface area is 153 Å². The molecule has 0 radical (unpaired) electrons. The van der Waals surface area contributed by atoms with E-state index in [2.05, 4.69) is 0 Å². The normalized spacial score (nSPS) is 10.6. The first kappa shape index (κ1) is 19.6. The van der Waals surface area contributed by atoms with E-state index in [0.717, 1.165) is 47.0 Å². The first-order valence-corrected chi connectivity index (χ1v) is 9.50. The van der Waals surface area contributed by atoms with E-state index in [4.69, 9.17) is 19.7 Å². The second kappa shape index (κ2) is 11.8. The van der Waals surface area contributed by atoms with Gasteiger partial charge in [-0.1, -0.05) is 36.0 Å². The van der Waals surface area contributed by atoms with Crippen LogP contribution in [0.5, 0.6) is 11.5 Å². The molecule has 0 saturated carbocycles. The summed E-state index contributed by atoms with van der Waals surface area (Å²) in [6, 6.07) is 15.9. The maximum Gasteiger partial charge on any atom is 0.133 e. The topological polar surface area (TPSA) is 58.9 Å². The summed E-state index contributed by atoms with van der Waals surface area (Å²) in [5.74, 6) is 1.70. The van der Waals surface area contributed by atoms with Crippen molar-refractivity contribution in [1.29, 1.82) is 0 Å². The van der Waals surface area contributed by atoms with Gasteiger partial charge in [0.1, 0.15) is 11.5 Å². The smallest absolute Gasteiger partial charge is 0.133 e. The molecular formula is C20H26O4S. The van der Waals surface area contributed by atoms with Gasteiger partial charge in [-0.15, -0.1) is 0 Å². The number of unbranched alkanes of at least 4 members (excludes halogenated alkanes) is 2. The minimum Gasteiger partial charge on any atom is -0.492 e. The van der Waals surface area contributed by atoms with Crippen molar-refractivity contribution in [3.8, 4) is 11.5 Å². The Hall–Kier alpha value is -1.69. The van der Waals surface area contributed by atoms with E-state index in [1.54, 1.807) is 11.8 Å². The highest BCUT2D eigenvalue weighted by Gasteiger charge is 2.09. The van der Waals surface area contributed by atoms with E-state index in [9.17, 15) is 0 Å². The largest absolute Gasteiger partial charge is 0.492 e. The zero-order valence-electron chi connectivity index (χ0n) is 14.4. The van der Waals surface area contributed by atoms with Crippen LogP contribution in [0.25, 0.3) is 0 Å². The number of aliphatic hydroxyl groups is 2. The third-order valence-corrected chi connectivity index (χ3v) is 4.65. The Kier molecular flexibility index (Phi) is 9.26. The standard InChI is InChI=1S/C20H26O4S/c21-13-5-7-15-23-17-9-1-3-11-19(17)25-20-12-4-2-10-18(20)24-16-8-6-14-22/h1-4,9-12,21-22H,5-8,13-16H2. The van der Waals surface area contributed by atoms with Crippen LogP contribution in [0.3, 0.4) is 0 Å². The highest BCUT2D eigenvalue weighted by molar-refractivity contribution is 7.99. The Morgan fingerprint density at radius 2 is 1.08 bits per heavy atom. The fourth-order valence-electron chi connectivity index (χ4n) is 2.22. The lowest BCUT2D eigenvalue weighted by molar-refractivity contribution is 0.250. The van der Waals surface area contributed by atoms with Crippen LogP contribution in [0.1, 0.15) is 25.7 Å². The number of rotatable bonds is 12. The average molecular weight is 362 g/mol. The Bertz CT molecular complexity index is 565. The molecule has 0 saturated heterocycles. The van der Waals surface area contributed by atoms with E-state index >= 15 is 0 Å². The molecule has 5 heteroatoms. The molecule has 0 aliphatic carbocycles. The molecular weight excluding hydrogens is 336 g/mol. The maximum absolute atomic E-state index is 8.86. The lowest BCUT2D eigenvalue weighted by atomic mass is 10.3. The molecule has 2 N–H and O–H groups in total. The van der Waals surface area contributed by atoms with Crippen LogP contribution >= 0.6 is 11.8 Å². The first-order chi connectivity index (χ1) is 12.3. The van der Waals surface area contributed by atoms with Crippen molar-refractivity contribution in [1.82, 2.24) is 0 Å². The van der Waals surface area contributed by atoms with Crippen LogP contribution in [-0.4, -0.2) is 36.6 Å². The van der Waals surface area contributed by atoms with Gasteiger partial charge in [-0.2, -0.15) is 0 Å². The Balaban J connectivity index is 2.01. The molecule has 0 unspecified atom stereocenters. The summed E-state index contributed by atoms with van der Waals surface area (Å²) < 4.78 is 11.7. The first-order valence-electron chi connectivity index (χ1n) is 8.68. The van der Waals surface area contributed by atoms with Gasteiger partial charge in [0.15, 0.2) is 0 Å². The van der Waals surface area contributed by atoms with Crippen LogP contribution in [0.15, 0.2) is 58.3 Å². The number of ether oxygens (including phenoxy) is 2. The van der Waals surface area contributed by atoms with Crippen molar-refractivity contribution in [3.63, 3.8) is 0 Å². The molecule has 0 amide bonds. The monoisotopic (exact) mass is 362 g/mol. The van der Waals surface area contributed by atoms with Crippen LogP contribution < -0.4 is 9.47 Å². The van der Waals surface area contributed by atoms with Gasteiger partial charge in [0.25, 0.3) is 0 Å². The van der Waals surface area contributed by atoms with Gasteiger partial charge >= 0.3 is 0 Å². The zero-order valence-corrected chi connectivity index (χ0v) is 15.2. The van der Waals surface area contributed by atoms with Crippen LogP contribution in [0.2, 0.25) is 0 Å². The van der Waals surface area contributed by atoms with Crippen molar-refractivity contribution >= 4 is 11.8 Å². The van der Waals surface area contributed by atoms with E-state index in [1.165, 1.54) is 0 Å². The van der Waals surface area contributed by atoms with Crippen molar-refractivity contribution in [2.45, 2.75) is 35.5 Å². The fraction of sp³-hybridized carbons (Fsp3) is 0.400. The quantitative estimate of drug-likeness (QED) is 0.556. The van der Waals surface area contributed by atoms with Crippen molar-refractivity contribution in [3.05, 3.63) is 48.5 Å². The number of hydrogen-bond donors (Lipinski definition) is 2. The second-order valence-corrected chi connectivity index (χ2v) is 6.64. The summed E-state index contributed by atoms with van der Waals surface area (Å²) in [5.41, 5.74) is 0. The number of hydrogen-bond acceptors (Lipinski definition) is 5. The van der Waals surface area contributed by atoms with E-state index in [-0.39, 0.29) is 13.2 Å². The van der Waals surface area contributed by atoms with E-state index in [0.29, 0.717) is 13.2 Å². The Morgan fingerprint density at radius 1 is 0.640 bits per heavy atom. The molecule has 4 nitrogen and oxygen atoms in total. The van der Waals surface area contributed by atoms with Crippen LogP contribution in [-0.2, 0) is 0 Å². The number of aliphatic hydroxyl groups excluding tert-OH is 2. The van der Waals surface area contributed by atoms with Gasteiger partial charge in [-0.25, -0.2) is 0 Å². The van der Waals surface area contributed by atoms with Gasteiger partial charge in [-0.05, 0) is 49.9 Å². The molecule has 25 heavy (non-hydrogen) atoms. The molecule has 0 aliphatic rings. The van der Waals surface area contributed by atoms with Gasteiger partial charge in [0.2, 0.25) is 0 Å². The summed E-state index contributed by atoms with van der Waals surface area (Å²) in [4.78, 5) is 2.08. The summed E-state index contributed by atoms with van der Waals surface area (Å²) >= 11 is 1.62. The van der Waals surface area contributed by atoms with Crippen molar-refractivity contribution in [2.24, 2.45) is 0 Å². The predicted molar refractivity (Wildman–Crippen MR) is 101 cm³/mol. The minimum absolute atomic E-state index is 0.195. The molecule has 0 bridgehead atoms. The second-order valence-electron chi connectivity index (χ2n) is 5.55. The summed E-state index contributed by atoms with van der Waals surface area (Å²) in [7, 11) is 0. The summed E-state index contributed by atoms with van der Waals surface area (Å²) in [5, 5.41) is 17.7. The molecule has 0 aliphatic heterocycles. The molecule has 0 fully saturated rings. The molecule has 2 aromatic rings. The van der Waals surface area contributed by atoms with Gasteiger partial charge < -0.3 is 19.7 Å². The Morgan fingerprint density at radius 3 is 1.52 bits per heavy atom. The predicted octanol–water partition coefficient (Wildman–Crippen LogP) is 4.14. The zero-order chi connectivity index (χ0) is 17.7. The van der Waals surface area contributed by atoms with Gasteiger partial charge in [-0.3, -0.25) is 0 Å². The lowest BCUT2D eigenvalue weighted by Crippen LogP contribution is -2.00. The number of para-hydroxylation sites is 2.